The quantitative estimate of drug-likeness (QED) is 0.282. The van der Waals surface area contributed by atoms with Crippen LogP contribution in [0.15, 0.2) is 101 Å². The van der Waals surface area contributed by atoms with Gasteiger partial charge >= 0.3 is 5.69 Å². The van der Waals surface area contributed by atoms with E-state index in [-0.39, 0.29) is 13.2 Å². The maximum atomic E-state index is 12.9. The molecule has 200 valence electrons. The number of aromatic amines is 1. The maximum Gasteiger partial charge on any atom is 0.330 e. The van der Waals surface area contributed by atoms with Gasteiger partial charge in [-0.25, -0.2) is 4.79 Å². The van der Waals surface area contributed by atoms with Gasteiger partial charge in [0.2, 0.25) is 0 Å². The molecule has 1 N–H and O–H groups in total. The third kappa shape index (κ3) is 6.05. The van der Waals surface area contributed by atoms with Crippen LogP contribution < -0.4 is 11.2 Å². The van der Waals surface area contributed by atoms with Crippen molar-refractivity contribution in [3.05, 3.63) is 129 Å². The SMILES string of the molecule is C=C[C@]1(COCc2ccccc2)O[C@@H](n2cc(C)c(=O)[nH]c2=O)[C@H](OC(=C)CC)[C@@H]1OCc1ccccc1. The van der Waals surface area contributed by atoms with Crippen LogP contribution >= 0.6 is 0 Å². The largest absolute Gasteiger partial charge is 0.488 e. The standard InChI is InChI=1S/C30H34N2O6/c1-5-22(4)37-25-26(36-19-24-15-11-8-12-16-24)30(6-2,20-35-18-23-13-9-7-10-14-23)38-28(25)32-17-21(3)27(33)31-29(32)34/h6-17,25-26,28H,2,4-5,18-20H2,1,3H3,(H,31,33,34)/t25-,26+,28-,30-/m1/s1. The lowest BCUT2D eigenvalue weighted by molar-refractivity contribution is -0.130. The highest BCUT2D eigenvalue weighted by Crippen LogP contribution is 2.43. The molecule has 0 bridgehead atoms. The average Bonchev–Trinajstić information content (AvgIpc) is 3.23. The first-order valence-electron chi connectivity index (χ1n) is 12.6. The molecule has 2 heterocycles. The van der Waals surface area contributed by atoms with Gasteiger partial charge in [-0.1, -0.05) is 80.2 Å². The third-order valence-corrected chi connectivity index (χ3v) is 6.58. The van der Waals surface area contributed by atoms with Crippen molar-refractivity contribution in [2.24, 2.45) is 0 Å². The number of rotatable bonds is 12. The van der Waals surface area contributed by atoms with E-state index in [9.17, 15) is 9.59 Å². The molecule has 1 saturated heterocycles. The monoisotopic (exact) mass is 518 g/mol. The van der Waals surface area contributed by atoms with E-state index >= 15 is 0 Å². The smallest absolute Gasteiger partial charge is 0.330 e. The summed E-state index contributed by atoms with van der Waals surface area (Å²) in [6, 6.07) is 19.5. The van der Waals surface area contributed by atoms with Crippen LogP contribution in [0.3, 0.4) is 0 Å². The third-order valence-electron chi connectivity index (χ3n) is 6.58. The Morgan fingerprint density at radius 3 is 2.32 bits per heavy atom. The topological polar surface area (TPSA) is 91.8 Å². The van der Waals surface area contributed by atoms with Gasteiger partial charge in [0.1, 0.15) is 11.7 Å². The summed E-state index contributed by atoms with van der Waals surface area (Å²) in [6.07, 6.45) is 1.22. The Kier molecular flexibility index (Phi) is 8.78. The normalized spacial score (nSPS) is 22.7. The number of nitrogens with zero attached hydrogens (tertiary/aromatic N) is 1. The van der Waals surface area contributed by atoms with Gasteiger partial charge in [0, 0.05) is 18.2 Å². The summed E-state index contributed by atoms with van der Waals surface area (Å²) < 4.78 is 26.8. The lowest BCUT2D eigenvalue weighted by Gasteiger charge is -2.32. The van der Waals surface area contributed by atoms with Crippen molar-refractivity contribution in [2.45, 2.75) is 57.5 Å². The van der Waals surface area contributed by atoms with E-state index in [4.69, 9.17) is 18.9 Å². The molecule has 38 heavy (non-hydrogen) atoms. The molecule has 0 unspecified atom stereocenters. The van der Waals surface area contributed by atoms with E-state index in [0.29, 0.717) is 24.4 Å². The Bertz CT molecular complexity index is 1350. The van der Waals surface area contributed by atoms with E-state index in [1.165, 1.54) is 10.8 Å². The highest BCUT2D eigenvalue weighted by Gasteiger charge is 2.57. The molecule has 0 aliphatic carbocycles. The molecule has 8 nitrogen and oxygen atoms in total. The van der Waals surface area contributed by atoms with Crippen LogP contribution in [0.2, 0.25) is 0 Å². The Morgan fingerprint density at radius 1 is 1.08 bits per heavy atom. The maximum absolute atomic E-state index is 12.9. The Morgan fingerprint density at radius 2 is 1.71 bits per heavy atom. The lowest BCUT2D eigenvalue weighted by atomic mass is 9.95. The molecule has 1 aliphatic heterocycles. The van der Waals surface area contributed by atoms with Gasteiger partial charge in [-0.2, -0.15) is 0 Å². The van der Waals surface area contributed by atoms with Crippen molar-refractivity contribution in [1.82, 2.24) is 9.55 Å². The number of ether oxygens (including phenoxy) is 4. The predicted octanol–water partition coefficient (Wildman–Crippen LogP) is 4.41. The van der Waals surface area contributed by atoms with Crippen molar-refractivity contribution in [3.8, 4) is 0 Å². The molecule has 4 atom stereocenters. The first-order valence-corrected chi connectivity index (χ1v) is 12.6. The fourth-order valence-electron chi connectivity index (χ4n) is 4.41. The molecular weight excluding hydrogens is 484 g/mol. The predicted molar refractivity (Wildman–Crippen MR) is 145 cm³/mol. The minimum atomic E-state index is -1.17. The van der Waals surface area contributed by atoms with Crippen molar-refractivity contribution >= 4 is 0 Å². The van der Waals surface area contributed by atoms with E-state index in [1.807, 2.05) is 67.6 Å². The minimum Gasteiger partial charge on any atom is -0.488 e. The van der Waals surface area contributed by atoms with Crippen LogP contribution in [0.5, 0.6) is 0 Å². The summed E-state index contributed by atoms with van der Waals surface area (Å²) >= 11 is 0. The number of hydrogen-bond donors (Lipinski definition) is 1. The second kappa shape index (κ2) is 12.2. The summed E-state index contributed by atoms with van der Waals surface area (Å²) in [6.45, 7) is 12.3. The molecule has 1 aliphatic rings. The fraction of sp³-hybridized carbons (Fsp3) is 0.333. The Balaban J connectivity index is 1.72. The van der Waals surface area contributed by atoms with Gasteiger partial charge in [-0.15, -0.1) is 6.58 Å². The number of aryl methyl sites for hydroxylation is 1. The molecule has 2 aromatic carbocycles. The summed E-state index contributed by atoms with van der Waals surface area (Å²) in [5.74, 6) is 0.510. The zero-order valence-corrected chi connectivity index (χ0v) is 21.8. The van der Waals surface area contributed by atoms with E-state index < -0.39 is 35.3 Å². The fourth-order valence-corrected chi connectivity index (χ4v) is 4.41. The van der Waals surface area contributed by atoms with Gasteiger partial charge < -0.3 is 18.9 Å². The summed E-state index contributed by atoms with van der Waals surface area (Å²) in [4.78, 5) is 27.3. The van der Waals surface area contributed by atoms with E-state index in [0.717, 1.165) is 11.1 Å². The molecule has 8 heteroatoms. The highest BCUT2D eigenvalue weighted by molar-refractivity contribution is 5.17. The summed E-state index contributed by atoms with van der Waals surface area (Å²) in [5, 5.41) is 0. The van der Waals surface area contributed by atoms with Crippen LogP contribution in [0, 0.1) is 6.92 Å². The van der Waals surface area contributed by atoms with Crippen molar-refractivity contribution in [3.63, 3.8) is 0 Å². The van der Waals surface area contributed by atoms with Crippen LogP contribution in [-0.4, -0.2) is 34.0 Å². The van der Waals surface area contributed by atoms with Crippen LogP contribution in [0.25, 0.3) is 0 Å². The Hall–Kier alpha value is -3.72. The van der Waals surface area contributed by atoms with Crippen molar-refractivity contribution < 1.29 is 18.9 Å². The average molecular weight is 519 g/mol. The second-order valence-electron chi connectivity index (χ2n) is 9.32. The number of benzene rings is 2. The Labute approximate surface area is 222 Å². The molecular formula is C30H34N2O6. The molecule has 0 amide bonds. The number of hydrogen-bond acceptors (Lipinski definition) is 6. The molecule has 0 radical (unpaired) electrons. The number of allylic oxidation sites excluding steroid dienone is 1. The molecule has 3 aromatic rings. The molecule has 0 spiro atoms. The molecule has 0 saturated carbocycles. The summed E-state index contributed by atoms with van der Waals surface area (Å²) in [5.41, 5.74) is 0.0772. The molecule has 1 fully saturated rings. The summed E-state index contributed by atoms with van der Waals surface area (Å²) in [7, 11) is 0. The van der Waals surface area contributed by atoms with Crippen LogP contribution in [-0.2, 0) is 32.2 Å². The van der Waals surface area contributed by atoms with Crippen LogP contribution in [0.4, 0.5) is 0 Å². The van der Waals surface area contributed by atoms with Gasteiger partial charge in [0.15, 0.2) is 12.3 Å². The number of H-pyrrole nitrogens is 1. The highest BCUT2D eigenvalue weighted by atomic mass is 16.6. The van der Waals surface area contributed by atoms with Crippen LogP contribution in [0.1, 0.15) is 36.3 Å². The first kappa shape index (κ1) is 27.3. The lowest BCUT2D eigenvalue weighted by Crippen LogP contribution is -2.47. The van der Waals surface area contributed by atoms with Gasteiger partial charge in [-0.05, 0) is 18.1 Å². The molecule has 1 aromatic heterocycles. The first-order chi connectivity index (χ1) is 18.4. The van der Waals surface area contributed by atoms with E-state index in [2.05, 4.69) is 18.1 Å². The van der Waals surface area contributed by atoms with Gasteiger partial charge in [0.25, 0.3) is 5.56 Å². The minimum absolute atomic E-state index is 0.0941. The zero-order chi connectivity index (χ0) is 27.1. The van der Waals surface area contributed by atoms with E-state index in [1.54, 1.807) is 13.0 Å². The molecule has 4 rings (SSSR count). The van der Waals surface area contributed by atoms with Gasteiger partial charge in [0.05, 0.1) is 25.6 Å². The number of nitrogens with one attached hydrogen (secondary N) is 1. The number of aromatic nitrogens is 2. The second-order valence-corrected chi connectivity index (χ2v) is 9.32. The zero-order valence-electron chi connectivity index (χ0n) is 21.8. The van der Waals surface area contributed by atoms with Crippen molar-refractivity contribution in [2.75, 3.05) is 6.61 Å². The van der Waals surface area contributed by atoms with Gasteiger partial charge in [-0.3, -0.25) is 14.3 Å². The van der Waals surface area contributed by atoms with Crippen molar-refractivity contribution in [1.29, 1.82) is 0 Å².